The van der Waals surface area contributed by atoms with Crippen LogP contribution in [0.2, 0.25) is 1.41 Å². The Morgan fingerprint density at radius 1 is 1.05 bits per heavy atom. The van der Waals surface area contributed by atoms with Gasteiger partial charge in [0, 0.05) is 18.2 Å². The molecule has 1 fully saturated rings. The zero-order valence-corrected chi connectivity index (χ0v) is 14.8. The summed E-state index contributed by atoms with van der Waals surface area (Å²) in [5, 5.41) is 1.48. The number of nitrogens with one attached hydrogen (secondary N) is 1. The van der Waals surface area contributed by atoms with Gasteiger partial charge in [-0.1, -0.05) is 68.9 Å². The molecular formula is C18H35N. The van der Waals surface area contributed by atoms with Crippen LogP contribution in [0, 0.1) is 33.5 Å². The fourth-order valence-electron chi connectivity index (χ4n) is 5.23. The third-order valence-electron chi connectivity index (χ3n) is 7.41. The Morgan fingerprint density at radius 2 is 1.47 bits per heavy atom. The molecule has 0 aromatic carbocycles. The molecule has 2 atom stereocenters. The first-order valence-corrected chi connectivity index (χ1v) is 7.59. The highest BCUT2D eigenvalue weighted by Crippen LogP contribution is 2.75. The maximum absolute atomic E-state index is 8.07. The van der Waals surface area contributed by atoms with Crippen LogP contribution < -0.4 is 5.31 Å². The number of hydrogen-bond acceptors (Lipinski definition) is 1. The summed E-state index contributed by atoms with van der Waals surface area (Å²) in [6, 6.07) is 0. The summed E-state index contributed by atoms with van der Waals surface area (Å²) in [6.07, 6.45) is 0. The van der Waals surface area contributed by atoms with Crippen molar-refractivity contribution in [2.45, 2.75) is 62.3 Å². The Bertz CT molecular complexity index is 404. The second-order valence-corrected chi connectivity index (χ2v) is 8.57. The van der Waals surface area contributed by atoms with E-state index in [-0.39, 0.29) is 21.7 Å². The van der Waals surface area contributed by atoms with E-state index in [9.17, 15) is 0 Å². The van der Waals surface area contributed by atoms with Gasteiger partial charge in [0.05, 0.1) is 0 Å². The first-order chi connectivity index (χ1) is 8.67. The third kappa shape index (κ3) is 1.66. The molecule has 2 unspecified atom stereocenters. The van der Waals surface area contributed by atoms with Crippen LogP contribution in [0.25, 0.3) is 0 Å². The maximum Gasteiger partial charge on any atom is 0.159 e. The Balaban J connectivity index is 3.67. The van der Waals surface area contributed by atoms with Crippen molar-refractivity contribution in [2.24, 2.45) is 33.5 Å². The lowest BCUT2D eigenvalue weighted by Crippen LogP contribution is -2.45. The summed E-state index contributed by atoms with van der Waals surface area (Å²) < 4.78 is 8.07. The van der Waals surface area contributed by atoms with Crippen LogP contribution in [0.5, 0.6) is 0 Å². The highest BCUT2D eigenvalue weighted by atomic mass is 14.9. The van der Waals surface area contributed by atoms with E-state index in [4.69, 9.17) is 1.41 Å². The minimum atomic E-state index is -0.0787. The van der Waals surface area contributed by atoms with E-state index in [1.54, 1.807) is 7.05 Å². The standard InChI is InChI=1S/C18H35N/c1-12(2)14-15(4,5)16(6,7)17(8,9)18(14,10)13(3)19-11/h12,14,19H,3H2,1-2,4-11H3/i/hD. The van der Waals surface area contributed by atoms with Gasteiger partial charge in [0.25, 0.3) is 0 Å². The highest BCUT2D eigenvalue weighted by molar-refractivity contribution is 5.27. The lowest BCUT2D eigenvalue weighted by atomic mass is 9.56. The van der Waals surface area contributed by atoms with E-state index in [0.717, 1.165) is 5.70 Å². The Kier molecular flexibility index (Phi) is 3.35. The van der Waals surface area contributed by atoms with Crippen LogP contribution in [-0.2, 0) is 0 Å². The molecule has 1 rings (SSSR count). The van der Waals surface area contributed by atoms with Gasteiger partial charge < -0.3 is 5.31 Å². The lowest BCUT2D eigenvalue weighted by molar-refractivity contribution is 0.0174. The van der Waals surface area contributed by atoms with Crippen LogP contribution in [0.3, 0.4) is 0 Å². The molecule has 0 spiro atoms. The Morgan fingerprint density at radius 3 is 1.79 bits per heavy atom. The zero-order valence-electron chi connectivity index (χ0n) is 15.8. The van der Waals surface area contributed by atoms with E-state index in [1.807, 2.05) is 0 Å². The van der Waals surface area contributed by atoms with Gasteiger partial charge in [0.2, 0.25) is 0 Å². The van der Waals surface area contributed by atoms with Crippen molar-refractivity contribution in [1.82, 2.24) is 5.31 Å². The molecule has 1 saturated carbocycles. The van der Waals surface area contributed by atoms with E-state index >= 15 is 0 Å². The highest BCUT2D eigenvalue weighted by Gasteiger charge is 2.70. The van der Waals surface area contributed by atoms with Gasteiger partial charge in [-0.05, 0) is 28.1 Å². The summed E-state index contributed by atoms with van der Waals surface area (Å²) >= 11 is 0. The molecule has 1 aliphatic carbocycles. The van der Waals surface area contributed by atoms with E-state index in [2.05, 4.69) is 68.9 Å². The largest absolute Gasteiger partial charge is 0.391 e. The minimum absolute atomic E-state index is 0.0742. The quantitative estimate of drug-likeness (QED) is 0.750. The van der Waals surface area contributed by atoms with Crippen molar-refractivity contribution < 1.29 is 1.41 Å². The predicted molar refractivity (Wildman–Crippen MR) is 86.0 cm³/mol. The lowest BCUT2D eigenvalue weighted by Gasteiger charge is -2.49. The zero-order chi connectivity index (χ0) is 16.3. The first-order valence-electron chi connectivity index (χ1n) is 8.04. The topological polar surface area (TPSA) is 12.0 Å². The predicted octanol–water partition coefficient (Wildman–Crippen LogP) is 5.09. The van der Waals surface area contributed by atoms with E-state index in [1.165, 1.54) is 5.31 Å². The van der Waals surface area contributed by atoms with Crippen molar-refractivity contribution in [3.05, 3.63) is 12.3 Å². The summed E-state index contributed by atoms with van der Waals surface area (Å²) in [7, 11) is 1.80. The minimum Gasteiger partial charge on any atom is -0.391 e. The van der Waals surface area contributed by atoms with Gasteiger partial charge in [0.1, 0.15) is 0 Å². The summed E-state index contributed by atoms with van der Waals surface area (Å²) in [6.45, 7) is 25.6. The second-order valence-electron chi connectivity index (χ2n) is 8.57. The van der Waals surface area contributed by atoms with Gasteiger partial charge in [0.15, 0.2) is 1.41 Å². The molecule has 112 valence electrons. The van der Waals surface area contributed by atoms with Gasteiger partial charge in [-0.3, -0.25) is 0 Å². The summed E-state index contributed by atoms with van der Waals surface area (Å²) in [4.78, 5) is 0. The van der Waals surface area contributed by atoms with Crippen molar-refractivity contribution in [1.29, 1.82) is 0 Å². The summed E-state index contributed by atoms with van der Waals surface area (Å²) in [5.41, 5.74) is 1.30. The molecule has 0 amide bonds. The fraction of sp³-hybridized carbons (Fsp3) is 0.889. The molecule has 0 bridgehead atoms. The average molecular weight is 266 g/mol. The Labute approximate surface area is 122 Å². The molecule has 0 aliphatic heterocycles. The number of allylic oxidation sites excluding steroid dienone is 1. The van der Waals surface area contributed by atoms with Crippen molar-refractivity contribution >= 4 is 0 Å². The summed E-state index contributed by atoms with van der Waals surface area (Å²) in [5.74, 6) is 1.06. The first kappa shape index (κ1) is 14.9. The van der Waals surface area contributed by atoms with Crippen LogP contribution in [-0.4, -0.2) is 7.05 Å². The van der Waals surface area contributed by atoms with E-state index < -0.39 is 0 Å². The number of rotatable bonds is 3. The van der Waals surface area contributed by atoms with Crippen LogP contribution in [0.1, 0.15) is 62.3 Å². The molecule has 1 N–H and O–H groups in total. The molecule has 0 radical (unpaired) electrons. The molecule has 0 aromatic heterocycles. The molecule has 19 heavy (non-hydrogen) atoms. The smallest absolute Gasteiger partial charge is 0.159 e. The van der Waals surface area contributed by atoms with Crippen LogP contribution in [0.4, 0.5) is 0 Å². The van der Waals surface area contributed by atoms with Gasteiger partial charge >= 0.3 is 0 Å². The van der Waals surface area contributed by atoms with Gasteiger partial charge in [-0.2, -0.15) is 0 Å². The molecule has 1 aliphatic rings. The second kappa shape index (κ2) is 4.27. The molecule has 0 heterocycles. The molecular weight excluding hydrogens is 230 g/mol. The van der Waals surface area contributed by atoms with Crippen LogP contribution >= 0.6 is 0 Å². The van der Waals surface area contributed by atoms with Crippen molar-refractivity contribution in [2.75, 3.05) is 7.05 Å². The molecule has 0 aromatic rings. The van der Waals surface area contributed by atoms with Crippen molar-refractivity contribution in [3.63, 3.8) is 0 Å². The van der Waals surface area contributed by atoms with Crippen LogP contribution in [0.15, 0.2) is 12.3 Å². The van der Waals surface area contributed by atoms with Crippen molar-refractivity contribution in [3.8, 4) is 0 Å². The van der Waals surface area contributed by atoms with E-state index in [0.29, 0.717) is 11.8 Å². The average Bonchev–Trinajstić information content (AvgIpc) is 2.32. The van der Waals surface area contributed by atoms with Gasteiger partial charge in [-0.25, -0.2) is 0 Å². The molecule has 0 saturated heterocycles. The monoisotopic (exact) mass is 266 g/mol. The Hall–Kier alpha value is -0.460. The molecule has 1 nitrogen and oxygen atoms in total. The molecule has 1 heteroatoms. The number of hydrogen-bond donors (Lipinski definition) is 1. The van der Waals surface area contributed by atoms with Gasteiger partial charge in [-0.15, -0.1) is 0 Å². The fourth-order valence-corrected chi connectivity index (χ4v) is 5.23. The SMILES string of the molecule is [2H]N(C)C(=C)C1(C)C(C(C)C)C(C)(C)C(C)(C)C1(C)C. The maximum atomic E-state index is 8.07. The normalized spacial score (nSPS) is 36.2. The third-order valence-corrected chi connectivity index (χ3v) is 7.41.